The maximum absolute atomic E-state index is 11.8. The first-order valence-electron chi connectivity index (χ1n) is 5.12. The van der Waals surface area contributed by atoms with E-state index >= 15 is 0 Å². The Morgan fingerprint density at radius 1 is 1.50 bits per heavy atom. The molecule has 1 heterocycles. The van der Waals surface area contributed by atoms with E-state index in [2.05, 4.69) is 15.5 Å². The lowest BCUT2D eigenvalue weighted by Crippen LogP contribution is -2.58. The number of piperazine rings is 1. The summed E-state index contributed by atoms with van der Waals surface area (Å²) < 4.78 is 0. The summed E-state index contributed by atoms with van der Waals surface area (Å²) in [6, 6.07) is -0.0621. The first-order chi connectivity index (χ1) is 6.38. The summed E-state index contributed by atoms with van der Waals surface area (Å²) in [5.41, 5.74) is -0.144. The molecule has 0 aromatic heterocycles. The molecule has 0 radical (unpaired) electrons. The fraction of sp³-hybridized carbons (Fsp3) is 0.900. The molecule has 82 valence electrons. The average Bonchev–Trinajstić information content (AvgIpc) is 2.01. The molecule has 1 unspecified atom stereocenters. The zero-order valence-electron chi connectivity index (χ0n) is 9.55. The summed E-state index contributed by atoms with van der Waals surface area (Å²) in [5.74, 6) is 0.101. The van der Waals surface area contributed by atoms with Crippen LogP contribution < -0.4 is 10.6 Å². The molecule has 0 saturated carbocycles. The molecule has 14 heavy (non-hydrogen) atoms. The van der Waals surface area contributed by atoms with Crippen molar-refractivity contribution in [1.29, 1.82) is 0 Å². The Bertz CT molecular complexity index is 210. The Labute approximate surface area is 86.0 Å². The van der Waals surface area contributed by atoms with Gasteiger partial charge >= 0.3 is 0 Å². The summed E-state index contributed by atoms with van der Waals surface area (Å²) in [4.78, 5) is 13.9. The standard InChI is InChI=1S/C10H21N3O/c1-10(2,3)12-9(14)8-7-13(4)6-5-11-8/h8,11H,5-7H2,1-4H3,(H,12,14). The Kier molecular flexibility index (Phi) is 3.50. The SMILES string of the molecule is CN1CCNC(C(=O)NC(C)(C)C)C1. The monoisotopic (exact) mass is 199 g/mol. The molecular weight excluding hydrogens is 178 g/mol. The third-order valence-corrected chi connectivity index (χ3v) is 2.19. The molecule has 0 aromatic carbocycles. The Morgan fingerprint density at radius 2 is 2.14 bits per heavy atom. The predicted octanol–water partition coefficient (Wildman–Crippen LogP) is -0.195. The van der Waals surface area contributed by atoms with Crippen molar-refractivity contribution in [3.8, 4) is 0 Å². The number of nitrogens with one attached hydrogen (secondary N) is 2. The fourth-order valence-electron chi connectivity index (χ4n) is 1.53. The van der Waals surface area contributed by atoms with E-state index in [1.807, 2.05) is 27.8 Å². The number of likely N-dealkylation sites (N-methyl/N-ethyl adjacent to an activating group) is 1. The number of hydrogen-bond acceptors (Lipinski definition) is 3. The van der Waals surface area contributed by atoms with Crippen LogP contribution in [0.5, 0.6) is 0 Å². The molecule has 0 bridgehead atoms. The number of hydrogen-bond donors (Lipinski definition) is 2. The highest BCUT2D eigenvalue weighted by Crippen LogP contribution is 2.02. The van der Waals surface area contributed by atoms with Crippen LogP contribution in [-0.2, 0) is 4.79 Å². The van der Waals surface area contributed by atoms with Gasteiger partial charge in [-0.2, -0.15) is 0 Å². The van der Waals surface area contributed by atoms with Gasteiger partial charge in [0.25, 0.3) is 0 Å². The van der Waals surface area contributed by atoms with Gasteiger partial charge in [-0.3, -0.25) is 4.79 Å². The molecular formula is C10H21N3O. The van der Waals surface area contributed by atoms with E-state index in [0.717, 1.165) is 19.6 Å². The van der Waals surface area contributed by atoms with Gasteiger partial charge in [-0.25, -0.2) is 0 Å². The van der Waals surface area contributed by atoms with Crippen molar-refractivity contribution in [2.45, 2.75) is 32.4 Å². The quantitative estimate of drug-likeness (QED) is 0.615. The molecule has 0 aromatic rings. The van der Waals surface area contributed by atoms with Crippen LogP contribution in [0.2, 0.25) is 0 Å². The lowest BCUT2D eigenvalue weighted by atomic mass is 10.1. The summed E-state index contributed by atoms with van der Waals surface area (Å²) in [6.07, 6.45) is 0. The van der Waals surface area contributed by atoms with Crippen LogP contribution in [0.3, 0.4) is 0 Å². The number of carbonyl (C=O) groups excluding carboxylic acids is 1. The molecule has 1 saturated heterocycles. The van der Waals surface area contributed by atoms with Crippen LogP contribution in [0.15, 0.2) is 0 Å². The summed E-state index contributed by atoms with van der Waals surface area (Å²) in [6.45, 7) is 8.69. The molecule has 4 heteroatoms. The van der Waals surface area contributed by atoms with E-state index in [1.54, 1.807) is 0 Å². The van der Waals surface area contributed by atoms with Crippen molar-refractivity contribution in [3.05, 3.63) is 0 Å². The molecule has 4 nitrogen and oxygen atoms in total. The average molecular weight is 199 g/mol. The lowest BCUT2D eigenvalue weighted by Gasteiger charge is -2.32. The van der Waals surface area contributed by atoms with Gasteiger partial charge in [0.15, 0.2) is 0 Å². The fourth-order valence-corrected chi connectivity index (χ4v) is 1.53. The first kappa shape index (κ1) is 11.5. The third kappa shape index (κ3) is 3.64. The molecule has 1 rings (SSSR count). The van der Waals surface area contributed by atoms with Gasteiger partial charge in [0.05, 0.1) is 6.04 Å². The molecule has 2 N–H and O–H groups in total. The van der Waals surface area contributed by atoms with Gasteiger partial charge in [0.2, 0.25) is 5.91 Å². The highest BCUT2D eigenvalue weighted by Gasteiger charge is 2.25. The molecule has 1 fully saturated rings. The molecule has 0 spiro atoms. The van der Waals surface area contributed by atoms with Gasteiger partial charge < -0.3 is 15.5 Å². The number of rotatable bonds is 1. The number of nitrogens with zero attached hydrogens (tertiary/aromatic N) is 1. The van der Waals surface area contributed by atoms with Crippen molar-refractivity contribution < 1.29 is 4.79 Å². The van der Waals surface area contributed by atoms with E-state index in [1.165, 1.54) is 0 Å². The second-order valence-electron chi connectivity index (χ2n) is 5.01. The van der Waals surface area contributed by atoms with Crippen molar-refractivity contribution >= 4 is 5.91 Å². The van der Waals surface area contributed by atoms with Crippen LogP contribution in [0, 0.1) is 0 Å². The molecule has 1 aliphatic rings. The van der Waals surface area contributed by atoms with E-state index in [0.29, 0.717) is 0 Å². The summed E-state index contributed by atoms with van der Waals surface area (Å²) >= 11 is 0. The minimum absolute atomic E-state index is 0.0621. The minimum Gasteiger partial charge on any atom is -0.350 e. The van der Waals surface area contributed by atoms with Gasteiger partial charge in [0, 0.05) is 25.2 Å². The van der Waals surface area contributed by atoms with E-state index in [-0.39, 0.29) is 17.5 Å². The zero-order valence-corrected chi connectivity index (χ0v) is 9.55. The maximum atomic E-state index is 11.8. The maximum Gasteiger partial charge on any atom is 0.238 e. The minimum atomic E-state index is -0.144. The van der Waals surface area contributed by atoms with Crippen LogP contribution in [0.4, 0.5) is 0 Å². The van der Waals surface area contributed by atoms with Gasteiger partial charge in [-0.15, -0.1) is 0 Å². The summed E-state index contributed by atoms with van der Waals surface area (Å²) in [5, 5.41) is 6.20. The number of carbonyl (C=O) groups is 1. The second kappa shape index (κ2) is 4.28. The first-order valence-corrected chi connectivity index (χ1v) is 5.12. The Balaban J connectivity index is 2.44. The van der Waals surface area contributed by atoms with Crippen LogP contribution in [-0.4, -0.2) is 49.1 Å². The Hall–Kier alpha value is -0.610. The number of amides is 1. The van der Waals surface area contributed by atoms with Crippen molar-refractivity contribution in [1.82, 2.24) is 15.5 Å². The summed E-state index contributed by atoms with van der Waals surface area (Å²) in [7, 11) is 2.04. The van der Waals surface area contributed by atoms with Crippen molar-refractivity contribution in [2.24, 2.45) is 0 Å². The van der Waals surface area contributed by atoms with Gasteiger partial charge in [-0.1, -0.05) is 0 Å². The second-order valence-corrected chi connectivity index (χ2v) is 5.01. The van der Waals surface area contributed by atoms with Crippen LogP contribution in [0.1, 0.15) is 20.8 Å². The highest BCUT2D eigenvalue weighted by molar-refractivity contribution is 5.82. The van der Waals surface area contributed by atoms with E-state index < -0.39 is 0 Å². The van der Waals surface area contributed by atoms with E-state index in [4.69, 9.17) is 0 Å². The molecule has 1 amide bonds. The third-order valence-electron chi connectivity index (χ3n) is 2.19. The highest BCUT2D eigenvalue weighted by atomic mass is 16.2. The van der Waals surface area contributed by atoms with Gasteiger partial charge in [-0.05, 0) is 27.8 Å². The van der Waals surface area contributed by atoms with Gasteiger partial charge in [0.1, 0.15) is 0 Å². The molecule has 1 aliphatic heterocycles. The van der Waals surface area contributed by atoms with Crippen LogP contribution in [0.25, 0.3) is 0 Å². The van der Waals surface area contributed by atoms with E-state index in [9.17, 15) is 4.79 Å². The van der Waals surface area contributed by atoms with Crippen molar-refractivity contribution in [3.63, 3.8) is 0 Å². The molecule has 1 atom stereocenters. The normalized spacial score (nSPS) is 24.7. The van der Waals surface area contributed by atoms with Crippen molar-refractivity contribution in [2.75, 3.05) is 26.7 Å². The topological polar surface area (TPSA) is 44.4 Å². The Morgan fingerprint density at radius 3 is 2.64 bits per heavy atom. The van der Waals surface area contributed by atoms with Crippen LogP contribution >= 0.6 is 0 Å². The zero-order chi connectivity index (χ0) is 10.8. The smallest absolute Gasteiger partial charge is 0.238 e. The largest absolute Gasteiger partial charge is 0.350 e. The lowest BCUT2D eigenvalue weighted by molar-refractivity contribution is -0.125. The predicted molar refractivity (Wildman–Crippen MR) is 57.2 cm³/mol. The molecule has 0 aliphatic carbocycles.